The van der Waals surface area contributed by atoms with Crippen molar-refractivity contribution in [2.75, 3.05) is 18.6 Å². The maximum absolute atomic E-state index is 11.2. The Morgan fingerprint density at radius 2 is 2.00 bits per heavy atom. The molecule has 0 bridgehead atoms. The minimum Gasteiger partial charge on any atom is -0.478 e. The number of aromatic nitrogens is 1. The van der Waals surface area contributed by atoms with Gasteiger partial charge in [0.25, 0.3) is 0 Å². The summed E-state index contributed by atoms with van der Waals surface area (Å²) < 4.78 is 28.0. The van der Waals surface area contributed by atoms with Crippen LogP contribution in [0.4, 0.5) is 0 Å². The summed E-state index contributed by atoms with van der Waals surface area (Å²) in [6.07, 6.45) is 4.77. The molecule has 0 N–H and O–H groups in total. The molecule has 6 heteroatoms. The molecule has 0 radical (unpaired) electrons. The zero-order chi connectivity index (χ0) is 17.9. The largest absolute Gasteiger partial charge is 0.478 e. The molecule has 0 spiro atoms. The fraction of sp³-hybridized carbons (Fsp3) is 0.421. The third-order valence-corrected chi connectivity index (χ3v) is 6.01. The summed E-state index contributed by atoms with van der Waals surface area (Å²) in [5.41, 5.74) is 6.13. The number of pyridine rings is 1. The molecule has 1 aliphatic carbocycles. The van der Waals surface area contributed by atoms with Gasteiger partial charge in [-0.1, -0.05) is 28.1 Å². The standard InChI is InChI=1S/C19H22BrNO3S/c1-25(22,23)11-3-10-24-19-9-8-16-17-12-14(13-20)6-7-15(17)4-2-5-18(16)21-19/h6-9,12H,2-5,10-11,13H2,1H3. The van der Waals surface area contributed by atoms with Gasteiger partial charge in [0.05, 0.1) is 18.1 Å². The summed E-state index contributed by atoms with van der Waals surface area (Å²) in [5.74, 6) is 0.716. The smallest absolute Gasteiger partial charge is 0.213 e. The highest BCUT2D eigenvalue weighted by Crippen LogP contribution is 2.33. The number of nitrogens with zero attached hydrogens (tertiary/aromatic N) is 1. The number of hydrogen-bond acceptors (Lipinski definition) is 4. The summed E-state index contributed by atoms with van der Waals surface area (Å²) in [6.45, 7) is 0.364. The third-order valence-electron chi connectivity index (χ3n) is 4.34. The van der Waals surface area contributed by atoms with Crippen molar-refractivity contribution in [1.82, 2.24) is 4.98 Å². The second-order valence-electron chi connectivity index (χ2n) is 6.45. The Morgan fingerprint density at radius 3 is 2.76 bits per heavy atom. The quantitative estimate of drug-likeness (QED) is 0.521. The molecular formula is C19H22BrNO3S. The lowest BCUT2D eigenvalue weighted by Gasteiger charge is -2.12. The second-order valence-corrected chi connectivity index (χ2v) is 9.27. The van der Waals surface area contributed by atoms with Crippen LogP contribution in [0.5, 0.6) is 5.88 Å². The molecule has 2 aromatic rings. The summed E-state index contributed by atoms with van der Waals surface area (Å²) in [5, 5.41) is 0.838. The van der Waals surface area contributed by atoms with E-state index in [0.29, 0.717) is 18.9 Å². The van der Waals surface area contributed by atoms with Crippen molar-refractivity contribution in [3.05, 3.63) is 47.2 Å². The van der Waals surface area contributed by atoms with Crippen LogP contribution in [0, 0.1) is 0 Å². The third kappa shape index (κ3) is 4.82. The number of fused-ring (bicyclic) bond motifs is 3. The minimum absolute atomic E-state index is 0.140. The van der Waals surface area contributed by atoms with Crippen molar-refractivity contribution in [3.63, 3.8) is 0 Å². The number of sulfone groups is 1. The van der Waals surface area contributed by atoms with E-state index in [0.717, 1.165) is 30.3 Å². The molecule has 0 unspecified atom stereocenters. The first-order valence-corrected chi connectivity index (χ1v) is 11.6. The van der Waals surface area contributed by atoms with E-state index in [2.05, 4.69) is 45.2 Å². The van der Waals surface area contributed by atoms with Gasteiger partial charge in [-0.05, 0) is 54.5 Å². The topological polar surface area (TPSA) is 56.3 Å². The maximum atomic E-state index is 11.2. The normalized spacial score (nSPS) is 13.7. The molecule has 134 valence electrons. The predicted molar refractivity (Wildman–Crippen MR) is 104 cm³/mol. The van der Waals surface area contributed by atoms with E-state index in [4.69, 9.17) is 4.74 Å². The van der Waals surface area contributed by atoms with Crippen LogP contribution >= 0.6 is 15.9 Å². The molecule has 4 nitrogen and oxygen atoms in total. The molecule has 3 rings (SSSR count). The first kappa shape index (κ1) is 18.4. The maximum Gasteiger partial charge on any atom is 0.213 e. The molecule has 1 aromatic carbocycles. The van der Waals surface area contributed by atoms with Gasteiger partial charge in [-0.15, -0.1) is 0 Å². The Kier molecular flexibility index (Phi) is 5.79. The van der Waals surface area contributed by atoms with Gasteiger partial charge in [0.2, 0.25) is 5.88 Å². The monoisotopic (exact) mass is 423 g/mol. The highest BCUT2D eigenvalue weighted by Gasteiger charge is 2.17. The minimum atomic E-state index is -2.94. The van der Waals surface area contributed by atoms with Crippen molar-refractivity contribution in [2.24, 2.45) is 0 Å². The number of ether oxygens (including phenoxy) is 1. The molecule has 1 aliphatic rings. The fourth-order valence-corrected chi connectivity index (χ4v) is 4.11. The molecule has 1 aromatic heterocycles. The van der Waals surface area contributed by atoms with Crippen LogP contribution in [0.2, 0.25) is 0 Å². The number of hydrogen-bond donors (Lipinski definition) is 0. The van der Waals surface area contributed by atoms with Crippen LogP contribution in [0.3, 0.4) is 0 Å². The Bertz CT molecular complexity index is 865. The zero-order valence-corrected chi connectivity index (χ0v) is 16.7. The lowest BCUT2D eigenvalue weighted by molar-refractivity contribution is 0.305. The summed E-state index contributed by atoms with van der Waals surface area (Å²) in [6, 6.07) is 10.6. The van der Waals surface area contributed by atoms with Gasteiger partial charge in [0.15, 0.2) is 0 Å². The van der Waals surface area contributed by atoms with Gasteiger partial charge in [-0.25, -0.2) is 13.4 Å². The molecule has 0 aliphatic heterocycles. The highest BCUT2D eigenvalue weighted by molar-refractivity contribution is 9.08. The van der Waals surface area contributed by atoms with Crippen LogP contribution in [-0.2, 0) is 28.0 Å². The van der Waals surface area contributed by atoms with Crippen molar-refractivity contribution >= 4 is 25.8 Å². The highest BCUT2D eigenvalue weighted by atomic mass is 79.9. The molecular weight excluding hydrogens is 402 g/mol. The SMILES string of the molecule is CS(=O)(=O)CCCOc1ccc2c(n1)CCCc1ccc(CBr)cc1-2. The molecule has 0 atom stereocenters. The van der Waals surface area contributed by atoms with E-state index in [1.165, 1.54) is 28.5 Å². The Balaban J connectivity index is 1.79. The van der Waals surface area contributed by atoms with Crippen molar-refractivity contribution in [3.8, 4) is 17.0 Å². The van der Waals surface area contributed by atoms with Crippen LogP contribution < -0.4 is 4.74 Å². The first-order valence-electron chi connectivity index (χ1n) is 8.45. The number of halogens is 1. The summed E-state index contributed by atoms with van der Waals surface area (Å²) >= 11 is 3.53. The molecule has 0 fully saturated rings. The lowest BCUT2D eigenvalue weighted by atomic mass is 9.97. The van der Waals surface area contributed by atoms with E-state index < -0.39 is 9.84 Å². The Labute approximate surface area is 157 Å². The van der Waals surface area contributed by atoms with E-state index >= 15 is 0 Å². The number of rotatable bonds is 6. The van der Waals surface area contributed by atoms with Crippen LogP contribution in [0.1, 0.15) is 29.7 Å². The molecule has 1 heterocycles. The van der Waals surface area contributed by atoms with Crippen molar-refractivity contribution in [1.29, 1.82) is 0 Å². The van der Waals surface area contributed by atoms with Crippen LogP contribution in [0.15, 0.2) is 30.3 Å². The van der Waals surface area contributed by atoms with Gasteiger partial charge in [0, 0.05) is 23.2 Å². The second kappa shape index (κ2) is 7.87. The first-order chi connectivity index (χ1) is 12.0. The lowest BCUT2D eigenvalue weighted by Crippen LogP contribution is -2.09. The zero-order valence-electron chi connectivity index (χ0n) is 14.3. The van der Waals surface area contributed by atoms with E-state index in [9.17, 15) is 8.42 Å². The molecule has 0 saturated carbocycles. The van der Waals surface area contributed by atoms with Crippen molar-refractivity contribution in [2.45, 2.75) is 31.0 Å². The number of aryl methyl sites for hydroxylation is 2. The van der Waals surface area contributed by atoms with Gasteiger partial charge < -0.3 is 4.74 Å². The average molecular weight is 424 g/mol. The van der Waals surface area contributed by atoms with Gasteiger partial charge in [-0.3, -0.25) is 0 Å². The van der Waals surface area contributed by atoms with Crippen LogP contribution in [0.25, 0.3) is 11.1 Å². The average Bonchev–Trinajstić information content (AvgIpc) is 2.76. The van der Waals surface area contributed by atoms with Crippen molar-refractivity contribution < 1.29 is 13.2 Å². The fourth-order valence-electron chi connectivity index (χ4n) is 3.12. The van der Waals surface area contributed by atoms with E-state index in [-0.39, 0.29) is 5.75 Å². The molecule has 25 heavy (non-hydrogen) atoms. The van der Waals surface area contributed by atoms with E-state index in [1.54, 1.807) is 0 Å². The molecule has 0 amide bonds. The Morgan fingerprint density at radius 1 is 1.16 bits per heavy atom. The molecule has 0 saturated heterocycles. The number of benzene rings is 1. The number of alkyl halides is 1. The van der Waals surface area contributed by atoms with Crippen LogP contribution in [-0.4, -0.2) is 32.0 Å². The van der Waals surface area contributed by atoms with Gasteiger partial charge >= 0.3 is 0 Å². The van der Waals surface area contributed by atoms with Gasteiger partial charge in [-0.2, -0.15) is 0 Å². The van der Waals surface area contributed by atoms with E-state index in [1.807, 2.05) is 6.07 Å². The summed E-state index contributed by atoms with van der Waals surface area (Å²) in [4.78, 5) is 4.68. The predicted octanol–water partition coefficient (Wildman–Crippen LogP) is 3.95. The summed E-state index contributed by atoms with van der Waals surface area (Å²) in [7, 11) is -2.94. The van der Waals surface area contributed by atoms with Gasteiger partial charge in [0.1, 0.15) is 9.84 Å². The Hall–Kier alpha value is -1.40.